The highest BCUT2D eigenvalue weighted by molar-refractivity contribution is 7.99. The average Bonchev–Trinajstić information content (AvgIpc) is 2.95. The van der Waals surface area contributed by atoms with Crippen molar-refractivity contribution in [3.05, 3.63) is 12.4 Å². The van der Waals surface area contributed by atoms with E-state index in [0.29, 0.717) is 12.5 Å². The standard InChI is InChI=1S/C15H25N5OS/c1-19-10-14(8-17-19)20-5-2-3-12(9-20)18-15(21)7-13-11-22-6-4-16-13/h8,10,12-13,16H,2-7,9,11H2,1H3,(H,18,21). The number of hydrogen-bond acceptors (Lipinski definition) is 5. The molecule has 2 saturated heterocycles. The van der Waals surface area contributed by atoms with Gasteiger partial charge in [0.2, 0.25) is 5.91 Å². The number of nitrogens with zero attached hydrogens (tertiary/aromatic N) is 3. The van der Waals surface area contributed by atoms with Crippen LogP contribution in [0.15, 0.2) is 12.4 Å². The van der Waals surface area contributed by atoms with Crippen LogP contribution in [0.25, 0.3) is 0 Å². The fraction of sp³-hybridized carbons (Fsp3) is 0.733. The molecule has 122 valence electrons. The zero-order valence-corrected chi connectivity index (χ0v) is 13.9. The lowest BCUT2D eigenvalue weighted by Gasteiger charge is -2.34. The lowest BCUT2D eigenvalue weighted by molar-refractivity contribution is -0.122. The van der Waals surface area contributed by atoms with Crippen LogP contribution in [0, 0.1) is 0 Å². The van der Waals surface area contributed by atoms with Crippen molar-refractivity contribution in [2.75, 3.05) is 36.0 Å². The van der Waals surface area contributed by atoms with Crippen molar-refractivity contribution in [1.29, 1.82) is 0 Å². The largest absolute Gasteiger partial charge is 0.367 e. The topological polar surface area (TPSA) is 62.2 Å². The summed E-state index contributed by atoms with van der Waals surface area (Å²) in [6.45, 7) is 2.93. The molecular formula is C15H25N5OS. The number of rotatable bonds is 4. The molecule has 2 atom stereocenters. The third-order valence-electron chi connectivity index (χ3n) is 4.27. The molecule has 1 aromatic heterocycles. The van der Waals surface area contributed by atoms with E-state index >= 15 is 0 Å². The van der Waals surface area contributed by atoms with E-state index in [0.717, 1.165) is 49.7 Å². The van der Waals surface area contributed by atoms with E-state index in [1.165, 1.54) is 0 Å². The van der Waals surface area contributed by atoms with Gasteiger partial charge in [0, 0.05) is 62.9 Å². The smallest absolute Gasteiger partial charge is 0.221 e. The first-order chi connectivity index (χ1) is 10.7. The molecule has 2 unspecified atom stereocenters. The first kappa shape index (κ1) is 15.7. The van der Waals surface area contributed by atoms with Crippen LogP contribution in [-0.4, -0.2) is 58.9 Å². The lowest BCUT2D eigenvalue weighted by atomic mass is 10.0. The molecule has 0 bridgehead atoms. The monoisotopic (exact) mass is 323 g/mol. The Kier molecular flexibility index (Phi) is 5.25. The van der Waals surface area contributed by atoms with Crippen molar-refractivity contribution in [2.45, 2.75) is 31.3 Å². The van der Waals surface area contributed by atoms with Crippen LogP contribution in [0.2, 0.25) is 0 Å². The minimum Gasteiger partial charge on any atom is -0.367 e. The van der Waals surface area contributed by atoms with E-state index < -0.39 is 0 Å². The number of aromatic nitrogens is 2. The van der Waals surface area contributed by atoms with Crippen LogP contribution in [0.4, 0.5) is 5.69 Å². The molecule has 0 saturated carbocycles. The van der Waals surface area contributed by atoms with Crippen LogP contribution in [0.1, 0.15) is 19.3 Å². The van der Waals surface area contributed by atoms with Crippen molar-refractivity contribution in [3.63, 3.8) is 0 Å². The third-order valence-corrected chi connectivity index (χ3v) is 5.40. The zero-order valence-electron chi connectivity index (χ0n) is 13.1. The summed E-state index contributed by atoms with van der Waals surface area (Å²) in [6, 6.07) is 0.578. The van der Waals surface area contributed by atoms with Crippen molar-refractivity contribution in [3.8, 4) is 0 Å². The van der Waals surface area contributed by atoms with Gasteiger partial charge in [-0.15, -0.1) is 0 Å². The van der Waals surface area contributed by atoms with Crippen molar-refractivity contribution in [1.82, 2.24) is 20.4 Å². The molecule has 7 heteroatoms. The quantitative estimate of drug-likeness (QED) is 0.850. The molecule has 1 amide bonds. The van der Waals surface area contributed by atoms with Crippen molar-refractivity contribution < 1.29 is 4.79 Å². The average molecular weight is 323 g/mol. The number of piperidine rings is 1. The summed E-state index contributed by atoms with van der Waals surface area (Å²) < 4.78 is 1.82. The third kappa shape index (κ3) is 4.16. The highest BCUT2D eigenvalue weighted by Gasteiger charge is 2.24. The molecule has 3 rings (SSSR count). The Labute approximate surface area is 136 Å². The number of carbonyl (C=O) groups is 1. The SMILES string of the molecule is Cn1cc(N2CCCC(NC(=O)CC3CSCCN3)C2)cn1. The highest BCUT2D eigenvalue weighted by atomic mass is 32.2. The minimum atomic E-state index is 0.179. The normalized spacial score (nSPS) is 26.0. The predicted molar refractivity (Wildman–Crippen MR) is 90.3 cm³/mol. The molecule has 2 aliphatic heterocycles. The maximum absolute atomic E-state index is 12.2. The molecule has 2 aliphatic rings. The highest BCUT2D eigenvalue weighted by Crippen LogP contribution is 2.19. The second-order valence-corrected chi connectivity index (χ2v) is 7.30. The van der Waals surface area contributed by atoms with Crippen molar-refractivity contribution >= 4 is 23.4 Å². The van der Waals surface area contributed by atoms with Gasteiger partial charge in [0.1, 0.15) is 0 Å². The summed E-state index contributed by atoms with van der Waals surface area (Å²) in [6.07, 6.45) is 6.70. The fourth-order valence-corrected chi connectivity index (χ4v) is 4.11. The predicted octanol–water partition coefficient (Wildman–Crippen LogP) is 0.600. The number of nitrogens with one attached hydrogen (secondary N) is 2. The summed E-state index contributed by atoms with van der Waals surface area (Å²) in [5.74, 6) is 2.37. The summed E-state index contributed by atoms with van der Waals surface area (Å²) >= 11 is 1.93. The van der Waals surface area contributed by atoms with Gasteiger partial charge in [0.25, 0.3) is 0 Å². The number of aryl methyl sites for hydroxylation is 1. The van der Waals surface area contributed by atoms with Gasteiger partial charge in [-0.3, -0.25) is 9.48 Å². The molecule has 1 aromatic rings. The van der Waals surface area contributed by atoms with E-state index in [1.54, 1.807) is 0 Å². The number of carbonyl (C=O) groups excluding carboxylic acids is 1. The van der Waals surface area contributed by atoms with Gasteiger partial charge in [-0.2, -0.15) is 16.9 Å². The van der Waals surface area contributed by atoms with Gasteiger partial charge >= 0.3 is 0 Å². The molecule has 2 N–H and O–H groups in total. The molecule has 0 spiro atoms. The number of thioether (sulfide) groups is 1. The fourth-order valence-electron chi connectivity index (χ4n) is 3.16. The molecule has 6 nitrogen and oxygen atoms in total. The Morgan fingerprint density at radius 2 is 2.50 bits per heavy atom. The first-order valence-corrected chi connectivity index (χ1v) is 9.20. The van der Waals surface area contributed by atoms with Crippen LogP contribution in [-0.2, 0) is 11.8 Å². The number of hydrogen-bond donors (Lipinski definition) is 2. The van der Waals surface area contributed by atoms with E-state index in [-0.39, 0.29) is 11.9 Å². The second kappa shape index (κ2) is 7.37. The molecule has 2 fully saturated rings. The molecule has 0 radical (unpaired) electrons. The second-order valence-electron chi connectivity index (χ2n) is 6.15. The van der Waals surface area contributed by atoms with Crippen LogP contribution < -0.4 is 15.5 Å². The number of amides is 1. The molecule has 0 aromatic carbocycles. The summed E-state index contributed by atoms with van der Waals surface area (Å²) in [5.41, 5.74) is 1.15. The van der Waals surface area contributed by atoms with Crippen LogP contribution in [0.5, 0.6) is 0 Å². The Balaban J connectivity index is 1.48. The Morgan fingerprint density at radius 1 is 1.59 bits per heavy atom. The maximum atomic E-state index is 12.2. The van der Waals surface area contributed by atoms with Crippen LogP contribution in [0.3, 0.4) is 0 Å². The first-order valence-electron chi connectivity index (χ1n) is 8.05. The van der Waals surface area contributed by atoms with E-state index in [4.69, 9.17) is 0 Å². The Bertz CT molecular complexity index is 500. The van der Waals surface area contributed by atoms with Gasteiger partial charge in [-0.05, 0) is 12.8 Å². The molecular weight excluding hydrogens is 298 g/mol. The van der Waals surface area contributed by atoms with Gasteiger partial charge in [0.15, 0.2) is 0 Å². The van der Waals surface area contributed by atoms with Crippen LogP contribution >= 0.6 is 11.8 Å². The van der Waals surface area contributed by atoms with Gasteiger partial charge in [-0.25, -0.2) is 0 Å². The summed E-state index contributed by atoms with van der Waals surface area (Å²) in [4.78, 5) is 14.5. The minimum absolute atomic E-state index is 0.179. The Morgan fingerprint density at radius 3 is 3.23 bits per heavy atom. The van der Waals surface area contributed by atoms with Gasteiger partial charge in [0.05, 0.1) is 11.9 Å². The van der Waals surface area contributed by atoms with E-state index in [9.17, 15) is 4.79 Å². The molecule has 22 heavy (non-hydrogen) atoms. The molecule has 3 heterocycles. The Hall–Kier alpha value is -1.21. The number of anilines is 1. The summed E-state index contributed by atoms with van der Waals surface area (Å²) in [5, 5.41) is 10.9. The van der Waals surface area contributed by atoms with E-state index in [1.807, 2.05) is 35.9 Å². The lowest BCUT2D eigenvalue weighted by Crippen LogP contribution is -2.49. The van der Waals surface area contributed by atoms with Crippen molar-refractivity contribution in [2.24, 2.45) is 7.05 Å². The maximum Gasteiger partial charge on any atom is 0.221 e. The van der Waals surface area contributed by atoms with Gasteiger partial charge < -0.3 is 15.5 Å². The summed E-state index contributed by atoms with van der Waals surface area (Å²) in [7, 11) is 1.93. The molecule has 0 aliphatic carbocycles. The zero-order chi connectivity index (χ0) is 15.4. The van der Waals surface area contributed by atoms with E-state index in [2.05, 4.69) is 20.6 Å². The van der Waals surface area contributed by atoms with Gasteiger partial charge in [-0.1, -0.05) is 0 Å².